The average molecular weight is 369 g/mol. The third kappa shape index (κ3) is 3.57. The molecule has 0 radical (unpaired) electrons. The smallest absolute Gasteiger partial charge is 0.341 e. The fourth-order valence-corrected chi connectivity index (χ4v) is 2.29. The highest BCUT2D eigenvalue weighted by Gasteiger charge is 2.15. The lowest BCUT2D eigenvalue weighted by atomic mass is 10.2. The van der Waals surface area contributed by atoms with Crippen LogP contribution < -0.4 is 9.47 Å². The number of halogens is 2. The Morgan fingerprint density at radius 3 is 2.41 bits per heavy atom. The van der Waals surface area contributed by atoms with Gasteiger partial charge in [0.25, 0.3) is 0 Å². The van der Waals surface area contributed by atoms with E-state index >= 15 is 0 Å². The summed E-state index contributed by atoms with van der Waals surface area (Å²) in [6.45, 7) is -0.0197. The van der Waals surface area contributed by atoms with Gasteiger partial charge < -0.3 is 14.2 Å². The van der Waals surface area contributed by atoms with Crippen molar-refractivity contribution in [2.75, 3.05) is 14.2 Å². The van der Waals surface area contributed by atoms with E-state index in [-0.39, 0.29) is 12.2 Å². The standard InChI is InChI=1S/C16H14BrFO4/c1-20-14-7-10(12(17)8-15(14)21-2)9-22-16(19)11-5-3-4-6-13(11)18/h3-8H,9H2,1-2H3. The van der Waals surface area contributed by atoms with Crippen molar-refractivity contribution < 1.29 is 23.4 Å². The van der Waals surface area contributed by atoms with Crippen molar-refractivity contribution in [1.29, 1.82) is 0 Å². The van der Waals surface area contributed by atoms with E-state index in [1.165, 1.54) is 32.4 Å². The van der Waals surface area contributed by atoms with Gasteiger partial charge in [-0.25, -0.2) is 9.18 Å². The molecule has 0 heterocycles. The van der Waals surface area contributed by atoms with E-state index in [0.29, 0.717) is 21.5 Å². The maximum absolute atomic E-state index is 13.5. The van der Waals surface area contributed by atoms with E-state index in [4.69, 9.17) is 14.2 Å². The number of ether oxygens (including phenoxy) is 3. The highest BCUT2D eigenvalue weighted by Crippen LogP contribution is 2.33. The molecule has 2 rings (SSSR count). The van der Waals surface area contributed by atoms with Crippen molar-refractivity contribution in [3.63, 3.8) is 0 Å². The molecule has 0 bridgehead atoms. The van der Waals surface area contributed by atoms with Gasteiger partial charge in [0.15, 0.2) is 11.5 Å². The Morgan fingerprint density at radius 1 is 1.14 bits per heavy atom. The molecule has 0 aliphatic heterocycles. The highest BCUT2D eigenvalue weighted by atomic mass is 79.9. The van der Waals surface area contributed by atoms with Crippen LogP contribution in [0.1, 0.15) is 15.9 Å². The van der Waals surface area contributed by atoms with Crippen molar-refractivity contribution in [1.82, 2.24) is 0 Å². The van der Waals surface area contributed by atoms with Crippen molar-refractivity contribution in [3.8, 4) is 11.5 Å². The molecule has 0 atom stereocenters. The number of carbonyl (C=O) groups is 1. The summed E-state index contributed by atoms with van der Waals surface area (Å²) in [4.78, 5) is 11.9. The molecular weight excluding hydrogens is 355 g/mol. The van der Waals surface area contributed by atoms with Crippen LogP contribution in [0.5, 0.6) is 11.5 Å². The van der Waals surface area contributed by atoms with Crippen LogP contribution in [0.25, 0.3) is 0 Å². The first-order valence-electron chi connectivity index (χ1n) is 6.39. The van der Waals surface area contributed by atoms with Crippen molar-refractivity contribution >= 4 is 21.9 Å². The van der Waals surface area contributed by atoms with Gasteiger partial charge in [-0.2, -0.15) is 0 Å². The summed E-state index contributed by atoms with van der Waals surface area (Å²) in [7, 11) is 3.04. The molecular formula is C16H14BrFO4. The molecule has 0 saturated carbocycles. The lowest BCUT2D eigenvalue weighted by Crippen LogP contribution is -2.08. The number of hydrogen-bond acceptors (Lipinski definition) is 4. The minimum absolute atomic E-state index is 0.0197. The summed E-state index contributed by atoms with van der Waals surface area (Å²) in [6, 6.07) is 9.08. The van der Waals surface area contributed by atoms with Crippen LogP contribution in [0, 0.1) is 5.82 Å². The Balaban J connectivity index is 2.15. The first kappa shape index (κ1) is 16.3. The Kier molecular flexibility index (Phi) is 5.38. The summed E-state index contributed by atoms with van der Waals surface area (Å²) in [6.07, 6.45) is 0. The molecule has 0 amide bonds. The zero-order chi connectivity index (χ0) is 16.1. The predicted molar refractivity (Wildman–Crippen MR) is 82.8 cm³/mol. The molecule has 0 aliphatic rings. The van der Waals surface area contributed by atoms with Crippen LogP contribution >= 0.6 is 15.9 Å². The lowest BCUT2D eigenvalue weighted by molar-refractivity contribution is 0.0466. The fourth-order valence-electron chi connectivity index (χ4n) is 1.85. The molecule has 0 saturated heterocycles. The van der Waals surface area contributed by atoms with Gasteiger partial charge in [0.05, 0.1) is 19.8 Å². The van der Waals surface area contributed by atoms with Gasteiger partial charge in [0.1, 0.15) is 12.4 Å². The van der Waals surface area contributed by atoms with Crippen LogP contribution in [-0.2, 0) is 11.3 Å². The van der Waals surface area contributed by atoms with Crippen LogP contribution in [0.4, 0.5) is 4.39 Å². The molecule has 0 aromatic heterocycles. The van der Waals surface area contributed by atoms with E-state index in [2.05, 4.69) is 15.9 Å². The molecule has 0 N–H and O–H groups in total. The Labute approximate surface area is 135 Å². The molecule has 0 aliphatic carbocycles. The third-order valence-electron chi connectivity index (χ3n) is 3.01. The van der Waals surface area contributed by atoms with Crippen LogP contribution in [0.15, 0.2) is 40.9 Å². The number of methoxy groups -OCH3 is 2. The van der Waals surface area contributed by atoms with E-state index in [1.54, 1.807) is 18.2 Å². The first-order chi connectivity index (χ1) is 10.6. The SMILES string of the molecule is COc1cc(Br)c(COC(=O)c2ccccc2F)cc1OC. The molecule has 6 heteroatoms. The predicted octanol–water partition coefficient (Wildman–Crippen LogP) is 3.96. The quantitative estimate of drug-likeness (QED) is 0.749. The topological polar surface area (TPSA) is 44.8 Å². The largest absolute Gasteiger partial charge is 0.493 e. The van der Waals surface area contributed by atoms with Gasteiger partial charge in [0.2, 0.25) is 0 Å². The Morgan fingerprint density at radius 2 is 1.77 bits per heavy atom. The average Bonchev–Trinajstić information content (AvgIpc) is 2.53. The van der Waals surface area contributed by atoms with E-state index in [0.717, 1.165) is 0 Å². The number of hydrogen-bond donors (Lipinski definition) is 0. The van der Waals surface area contributed by atoms with Gasteiger partial charge in [-0.15, -0.1) is 0 Å². The van der Waals surface area contributed by atoms with E-state index in [9.17, 15) is 9.18 Å². The number of esters is 1. The van der Waals surface area contributed by atoms with Crippen LogP contribution in [0.3, 0.4) is 0 Å². The molecule has 0 fully saturated rings. The monoisotopic (exact) mass is 368 g/mol. The van der Waals surface area contributed by atoms with Gasteiger partial charge in [-0.3, -0.25) is 0 Å². The molecule has 2 aromatic rings. The summed E-state index contributed by atoms with van der Waals surface area (Å²) < 4.78 is 29.7. The van der Waals surface area contributed by atoms with Gasteiger partial charge in [0, 0.05) is 10.0 Å². The lowest BCUT2D eigenvalue weighted by Gasteiger charge is -2.12. The van der Waals surface area contributed by atoms with Crippen molar-refractivity contribution in [3.05, 3.63) is 57.8 Å². The third-order valence-corrected chi connectivity index (χ3v) is 3.74. The van der Waals surface area contributed by atoms with Crippen LogP contribution in [0.2, 0.25) is 0 Å². The van der Waals surface area contributed by atoms with Crippen molar-refractivity contribution in [2.24, 2.45) is 0 Å². The number of carbonyl (C=O) groups excluding carboxylic acids is 1. The summed E-state index contributed by atoms with van der Waals surface area (Å²) in [5.41, 5.74) is 0.585. The molecule has 0 unspecified atom stereocenters. The summed E-state index contributed by atoms with van der Waals surface area (Å²) in [5.74, 6) is -0.264. The normalized spacial score (nSPS) is 10.2. The number of rotatable bonds is 5. The second-order valence-electron chi connectivity index (χ2n) is 4.35. The zero-order valence-electron chi connectivity index (χ0n) is 12.1. The Hall–Kier alpha value is -2.08. The van der Waals surface area contributed by atoms with Gasteiger partial charge in [-0.1, -0.05) is 28.1 Å². The molecule has 22 heavy (non-hydrogen) atoms. The zero-order valence-corrected chi connectivity index (χ0v) is 13.6. The second kappa shape index (κ2) is 7.26. The minimum atomic E-state index is -0.722. The molecule has 116 valence electrons. The maximum atomic E-state index is 13.5. The fraction of sp³-hybridized carbons (Fsp3) is 0.188. The maximum Gasteiger partial charge on any atom is 0.341 e. The van der Waals surface area contributed by atoms with E-state index in [1.807, 2.05) is 0 Å². The molecule has 0 spiro atoms. The summed E-state index contributed by atoms with van der Waals surface area (Å²) in [5, 5.41) is 0. The number of benzene rings is 2. The second-order valence-corrected chi connectivity index (χ2v) is 5.21. The highest BCUT2D eigenvalue weighted by molar-refractivity contribution is 9.10. The van der Waals surface area contributed by atoms with Crippen molar-refractivity contribution in [2.45, 2.75) is 6.61 Å². The molecule has 4 nitrogen and oxygen atoms in total. The minimum Gasteiger partial charge on any atom is -0.493 e. The van der Waals surface area contributed by atoms with Gasteiger partial charge >= 0.3 is 5.97 Å². The van der Waals surface area contributed by atoms with Crippen LogP contribution in [-0.4, -0.2) is 20.2 Å². The molecule has 2 aromatic carbocycles. The first-order valence-corrected chi connectivity index (χ1v) is 7.18. The Bertz CT molecular complexity index is 688. The van der Waals surface area contributed by atoms with Gasteiger partial charge in [-0.05, 0) is 24.3 Å². The van der Waals surface area contributed by atoms with E-state index < -0.39 is 11.8 Å². The summed E-state index contributed by atoms with van der Waals surface area (Å²) >= 11 is 3.37.